The fraction of sp³-hybridized carbons (Fsp3) is 0.0500. The summed E-state index contributed by atoms with van der Waals surface area (Å²) >= 11 is 0. The highest BCUT2D eigenvalue weighted by molar-refractivity contribution is 5.79. The van der Waals surface area contributed by atoms with E-state index in [1.54, 1.807) is 6.07 Å². The zero-order valence-electron chi connectivity index (χ0n) is 13.0. The molecule has 1 aromatic heterocycles. The standard InChI is InChI=1S/C20H16O4/c1-13(23-12-15-6-4-3-5-7-15)10-18-14(2)17-9-8-16(21)11-19(17)24-20(18)22/h3-11,21H,1-2,12H2/b18-10+. The maximum absolute atomic E-state index is 12.2. The molecule has 3 aromatic rings. The molecule has 0 fully saturated rings. The van der Waals surface area contributed by atoms with E-state index >= 15 is 0 Å². The van der Waals surface area contributed by atoms with Crippen molar-refractivity contribution in [1.29, 1.82) is 0 Å². The monoisotopic (exact) mass is 320 g/mol. The lowest BCUT2D eigenvalue weighted by Crippen LogP contribution is -2.38. The lowest BCUT2D eigenvalue weighted by atomic mass is 10.1. The first-order valence-electron chi connectivity index (χ1n) is 7.37. The van der Waals surface area contributed by atoms with Gasteiger partial charge in [0.1, 0.15) is 23.7 Å². The first kappa shape index (κ1) is 15.6. The van der Waals surface area contributed by atoms with E-state index in [0.717, 1.165) is 5.56 Å². The van der Waals surface area contributed by atoms with Crippen LogP contribution in [0.15, 0.2) is 70.1 Å². The summed E-state index contributed by atoms with van der Waals surface area (Å²) in [4.78, 5) is 12.2. The summed E-state index contributed by atoms with van der Waals surface area (Å²) in [5.41, 5.74) is 0.739. The number of phenols is 1. The molecule has 24 heavy (non-hydrogen) atoms. The van der Waals surface area contributed by atoms with Crippen LogP contribution in [0.2, 0.25) is 0 Å². The van der Waals surface area contributed by atoms with E-state index in [9.17, 15) is 9.90 Å². The third kappa shape index (κ3) is 3.22. The first-order chi connectivity index (χ1) is 11.5. The molecule has 0 spiro atoms. The largest absolute Gasteiger partial charge is 0.508 e. The van der Waals surface area contributed by atoms with Crippen LogP contribution in [-0.2, 0) is 11.3 Å². The van der Waals surface area contributed by atoms with Crippen molar-refractivity contribution < 1.29 is 14.3 Å². The van der Waals surface area contributed by atoms with Crippen LogP contribution in [0.5, 0.6) is 5.75 Å². The SMILES string of the molecule is C=C(/C=c1/c(=O)oc2cc(O)ccc2c1=C)OCc1ccccc1. The minimum absolute atomic E-state index is 0.0254. The Labute approximate surface area is 138 Å². The van der Waals surface area contributed by atoms with Crippen LogP contribution in [0.4, 0.5) is 0 Å². The number of phenolic OH excluding ortho intramolecular Hbond substituents is 1. The van der Waals surface area contributed by atoms with Gasteiger partial charge in [0.2, 0.25) is 0 Å². The maximum Gasteiger partial charge on any atom is 0.344 e. The van der Waals surface area contributed by atoms with Crippen LogP contribution < -0.4 is 16.1 Å². The number of allylic oxidation sites excluding steroid dienone is 1. The summed E-state index contributed by atoms with van der Waals surface area (Å²) in [6.07, 6.45) is 1.52. The summed E-state index contributed by atoms with van der Waals surface area (Å²) in [7, 11) is 0. The predicted octanol–water partition coefficient (Wildman–Crippen LogP) is 2.42. The van der Waals surface area contributed by atoms with Gasteiger partial charge in [-0.05, 0) is 29.0 Å². The second kappa shape index (κ2) is 6.46. The minimum Gasteiger partial charge on any atom is -0.508 e. The number of hydrogen-bond donors (Lipinski definition) is 1. The lowest BCUT2D eigenvalue weighted by Gasteiger charge is -2.05. The Morgan fingerprint density at radius 3 is 2.71 bits per heavy atom. The van der Waals surface area contributed by atoms with E-state index in [1.165, 1.54) is 18.2 Å². The Hall–Kier alpha value is -3.27. The van der Waals surface area contributed by atoms with Gasteiger partial charge in [-0.3, -0.25) is 0 Å². The van der Waals surface area contributed by atoms with Crippen molar-refractivity contribution in [1.82, 2.24) is 0 Å². The van der Waals surface area contributed by atoms with Crippen LogP contribution in [0.3, 0.4) is 0 Å². The fourth-order valence-corrected chi connectivity index (χ4v) is 2.37. The van der Waals surface area contributed by atoms with Crippen LogP contribution in [-0.4, -0.2) is 5.11 Å². The Balaban J connectivity index is 1.95. The van der Waals surface area contributed by atoms with Gasteiger partial charge in [0.15, 0.2) is 0 Å². The Morgan fingerprint density at radius 2 is 1.96 bits per heavy atom. The average molecular weight is 320 g/mol. The van der Waals surface area contributed by atoms with Crippen molar-refractivity contribution in [3.8, 4) is 5.75 Å². The van der Waals surface area contributed by atoms with Gasteiger partial charge in [-0.2, -0.15) is 0 Å². The van der Waals surface area contributed by atoms with Crippen molar-refractivity contribution in [3.05, 3.63) is 87.3 Å². The molecule has 0 bridgehead atoms. The number of ether oxygens (including phenoxy) is 1. The summed E-state index contributed by atoms with van der Waals surface area (Å²) in [5, 5.41) is 10.9. The van der Waals surface area contributed by atoms with Crippen LogP contribution >= 0.6 is 0 Å². The molecule has 0 saturated carbocycles. The topological polar surface area (TPSA) is 59.7 Å². The van der Waals surface area contributed by atoms with Crippen molar-refractivity contribution >= 4 is 23.6 Å². The van der Waals surface area contributed by atoms with Crippen LogP contribution in [0.1, 0.15) is 5.56 Å². The van der Waals surface area contributed by atoms with E-state index in [4.69, 9.17) is 9.15 Å². The molecule has 0 saturated heterocycles. The summed E-state index contributed by atoms with van der Waals surface area (Å²) < 4.78 is 10.8. The van der Waals surface area contributed by atoms with E-state index in [0.29, 0.717) is 23.0 Å². The Bertz CT molecular complexity index is 1060. The molecule has 0 atom stereocenters. The van der Waals surface area contributed by atoms with Gasteiger partial charge in [-0.15, -0.1) is 0 Å². The molecular weight excluding hydrogens is 304 g/mol. The summed E-state index contributed by atoms with van der Waals surface area (Å²) in [5.74, 6) is 0.367. The third-order valence-corrected chi connectivity index (χ3v) is 3.61. The highest BCUT2D eigenvalue weighted by Crippen LogP contribution is 2.14. The average Bonchev–Trinajstić information content (AvgIpc) is 2.57. The molecule has 0 amide bonds. The van der Waals surface area contributed by atoms with Crippen molar-refractivity contribution in [2.24, 2.45) is 0 Å². The summed E-state index contributed by atoms with van der Waals surface area (Å²) in [6.45, 7) is 8.11. The Morgan fingerprint density at radius 1 is 1.21 bits per heavy atom. The molecule has 0 aliphatic carbocycles. The molecule has 0 aliphatic rings. The highest BCUT2D eigenvalue weighted by atomic mass is 16.5. The second-order valence-corrected chi connectivity index (χ2v) is 5.35. The lowest BCUT2D eigenvalue weighted by molar-refractivity contribution is 0.218. The molecule has 1 heterocycles. The molecular formula is C20H16O4. The molecule has 120 valence electrons. The normalized spacial score (nSPS) is 11.6. The van der Waals surface area contributed by atoms with Crippen molar-refractivity contribution in [3.63, 3.8) is 0 Å². The van der Waals surface area contributed by atoms with E-state index < -0.39 is 5.63 Å². The van der Waals surface area contributed by atoms with Crippen LogP contribution in [0, 0.1) is 0 Å². The van der Waals surface area contributed by atoms with Gasteiger partial charge in [-0.1, -0.05) is 43.5 Å². The van der Waals surface area contributed by atoms with E-state index in [1.807, 2.05) is 30.3 Å². The van der Waals surface area contributed by atoms with Crippen molar-refractivity contribution in [2.75, 3.05) is 0 Å². The zero-order chi connectivity index (χ0) is 17.1. The number of benzene rings is 2. The molecule has 0 aliphatic heterocycles. The molecule has 1 N–H and O–H groups in total. The van der Waals surface area contributed by atoms with Gasteiger partial charge in [-0.25, -0.2) is 4.79 Å². The third-order valence-electron chi connectivity index (χ3n) is 3.61. The smallest absolute Gasteiger partial charge is 0.344 e. The molecule has 0 radical (unpaired) electrons. The number of rotatable bonds is 4. The summed E-state index contributed by atoms with van der Waals surface area (Å²) in [6, 6.07) is 14.2. The number of hydrogen-bond acceptors (Lipinski definition) is 4. The number of fused-ring (bicyclic) bond motifs is 1. The molecule has 3 rings (SSSR count). The first-order valence-corrected chi connectivity index (χ1v) is 7.37. The quantitative estimate of drug-likeness (QED) is 0.592. The highest BCUT2D eigenvalue weighted by Gasteiger charge is 2.04. The van der Waals surface area contributed by atoms with Gasteiger partial charge in [0.05, 0.1) is 5.22 Å². The molecule has 0 unspecified atom stereocenters. The van der Waals surface area contributed by atoms with Gasteiger partial charge in [0, 0.05) is 11.5 Å². The Kier molecular flexibility index (Phi) is 4.20. The van der Waals surface area contributed by atoms with Gasteiger partial charge in [0.25, 0.3) is 0 Å². The minimum atomic E-state index is -0.553. The second-order valence-electron chi connectivity index (χ2n) is 5.35. The zero-order valence-corrected chi connectivity index (χ0v) is 13.0. The fourth-order valence-electron chi connectivity index (χ4n) is 2.37. The van der Waals surface area contributed by atoms with E-state index in [-0.39, 0.29) is 16.6 Å². The molecule has 2 aromatic carbocycles. The van der Waals surface area contributed by atoms with Gasteiger partial charge < -0.3 is 14.3 Å². The van der Waals surface area contributed by atoms with Crippen molar-refractivity contribution in [2.45, 2.75) is 6.61 Å². The maximum atomic E-state index is 12.2. The van der Waals surface area contributed by atoms with Crippen LogP contribution in [0.25, 0.3) is 23.6 Å². The van der Waals surface area contributed by atoms with E-state index in [2.05, 4.69) is 13.2 Å². The molecule has 4 heteroatoms. The predicted molar refractivity (Wildman–Crippen MR) is 93.8 cm³/mol. The molecule has 4 nitrogen and oxygen atoms in total. The van der Waals surface area contributed by atoms with Gasteiger partial charge >= 0.3 is 5.63 Å². The number of aromatic hydroxyl groups is 1.